The minimum Gasteiger partial charge on any atom is -0.355 e. The Labute approximate surface area is 137 Å². The largest absolute Gasteiger partial charge is 0.355 e. The lowest BCUT2D eigenvalue weighted by Gasteiger charge is -2.04. The second-order valence-electron chi connectivity index (χ2n) is 4.68. The van der Waals surface area contributed by atoms with E-state index in [0.29, 0.717) is 28.7 Å². The molecule has 7 heteroatoms. The molecule has 116 valence electrons. The van der Waals surface area contributed by atoms with Gasteiger partial charge in [0.1, 0.15) is 9.88 Å². The maximum absolute atomic E-state index is 12.1. The van der Waals surface area contributed by atoms with Crippen LogP contribution >= 0.6 is 22.9 Å². The van der Waals surface area contributed by atoms with Gasteiger partial charge in [0.2, 0.25) is 5.91 Å². The molecule has 2 rings (SSSR count). The smallest absolute Gasteiger partial charge is 0.263 e. The Bertz CT molecular complexity index is 700. The molecular weight excluding hydrogens is 322 g/mol. The van der Waals surface area contributed by atoms with E-state index < -0.39 is 0 Å². The van der Waals surface area contributed by atoms with Gasteiger partial charge in [0.25, 0.3) is 5.91 Å². The molecule has 0 aliphatic heterocycles. The monoisotopic (exact) mass is 337 g/mol. The Morgan fingerprint density at radius 1 is 1.27 bits per heavy atom. The zero-order valence-corrected chi connectivity index (χ0v) is 13.8. The maximum Gasteiger partial charge on any atom is 0.263 e. The number of aromatic nitrogens is 1. The molecule has 0 radical (unpaired) electrons. The first-order valence-electron chi connectivity index (χ1n) is 6.73. The summed E-state index contributed by atoms with van der Waals surface area (Å²) in [6, 6.07) is 7.36. The van der Waals surface area contributed by atoms with Crippen molar-refractivity contribution in [3.63, 3.8) is 0 Å². The van der Waals surface area contributed by atoms with E-state index in [1.54, 1.807) is 13.0 Å². The summed E-state index contributed by atoms with van der Waals surface area (Å²) in [5, 5.41) is 6.77. The topological polar surface area (TPSA) is 71.1 Å². The van der Waals surface area contributed by atoms with Gasteiger partial charge in [0.15, 0.2) is 0 Å². The van der Waals surface area contributed by atoms with Crippen molar-refractivity contribution in [1.82, 2.24) is 15.6 Å². The fraction of sp³-hybridized carbons (Fsp3) is 0.267. The number of hydrogen-bond donors (Lipinski definition) is 2. The Morgan fingerprint density at radius 3 is 2.68 bits per heavy atom. The van der Waals surface area contributed by atoms with Crippen LogP contribution in [0.2, 0.25) is 5.02 Å². The minimum absolute atomic E-state index is 0.119. The number of rotatable bonds is 5. The molecule has 2 aromatic rings. The molecule has 0 atom stereocenters. The zero-order valence-electron chi connectivity index (χ0n) is 12.3. The zero-order chi connectivity index (χ0) is 16.1. The normalized spacial score (nSPS) is 10.3. The van der Waals surface area contributed by atoms with Gasteiger partial charge in [-0.25, -0.2) is 4.98 Å². The Balaban J connectivity index is 2.06. The number of carbonyl (C=O) groups is 2. The summed E-state index contributed by atoms with van der Waals surface area (Å²) in [4.78, 5) is 27.9. The highest BCUT2D eigenvalue weighted by Gasteiger charge is 2.16. The number of halogens is 1. The molecule has 0 bridgehead atoms. The van der Waals surface area contributed by atoms with Crippen LogP contribution in [0, 0.1) is 6.92 Å². The molecule has 0 saturated heterocycles. The SMILES string of the molecule is CC(=O)NCCNC(=O)c1sc(-c2cccc(Cl)c2)nc1C. The van der Waals surface area contributed by atoms with Gasteiger partial charge < -0.3 is 10.6 Å². The second-order valence-corrected chi connectivity index (χ2v) is 6.12. The minimum atomic E-state index is -0.186. The van der Waals surface area contributed by atoms with Gasteiger partial charge in [-0.15, -0.1) is 11.3 Å². The number of aryl methyl sites for hydroxylation is 1. The highest BCUT2D eigenvalue weighted by Crippen LogP contribution is 2.29. The average molecular weight is 338 g/mol. The lowest BCUT2D eigenvalue weighted by Crippen LogP contribution is -2.33. The molecule has 1 aromatic carbocycles. The van der Waals surface area contributed by atoms with Crippen LogP contribution in [0.5, 0.6) is 0 Å². The van der Waals surface area contributed by atoms with Crippen molar-refractivity contribution in [2.24, 2.45) is 0 Å². The van der Waals surface area contributed by atoms with Gasteiger partial charge in [-0.2, -0.15) is 0 Å². The van der Waals surface area contributed by atoms with E-state index in [2.05, 4.69) is 15.6 Å². The molecule has 1 aromatic heterocycles. The average Bonchev–Trinajstić information content (AvgIpc) is 2.85. The molecule has 2 amide bonds. The Morgan fingerprint density at radius 2 is 2.00 bits per heavy atom. The molecule has 0 spiro atoms. The van der Waals surface area contributed by atoms with E-state index in [1.165, 1.54) is 18.3 Å². The van der Waals surface area contributed by atoms with Crippen LogP contribution in [0.1, 0.15) is 22.3 Å². The molecule has 22 heavy (non-hydrogen) atoms. The van der Waals surface area contributed by atoms with Gasteiger partial charge in [-0.05, 0) is 19.1 Å². The quantitative estimate of drug-likeness (QED) is 0.824. The van der Waals surface area contributed by atoms with Crippen molar-refractivity contribution in [1.29, 1.82) is 0 Å². The third kappa shape index (κ3) is 4.29. The number of nitrogens with zero attached hydrogens (tertiary/aromatic N) is 1. The standard InChI is InChI=1S/C15H16ClN3O2S/c1-9-13(14(21)18-7-6-17-10(2)20)22-15(19-9)11-4-3-5-12(16)8-11/h3-5,8H,6-7H2,1-2H3,(H,17,20)(H,18,21). The molecule has 0 fully saturated rings. The fourth-order valence-corrected chi connectivity index (χ4v) is 3.02. The third-order valence-corrected chi connectivity index (χ3v) is 4.30. The van der Waals surface area contributed by atoms with Crippen molar-refractivity contribution >= 4 is 34.8 Å². The summed E-state index contributed by atoms with van der Waals surface area (Å²) in [7, 11) is 0. The van der Waals surface area contributed by atoms with E-state index in [9.17, 15) is 9.59 Å². The summed E-state index contributed by atoms with van der Waals surface area (Å²) < 4.78 is 0. The summed E-state index contributed by atoms with van der Waals surface area (Å²) in [6.45, 7) is 4.02. The molecule has 0 aliphatic carbocycles. The van der Waals surface area contributed by atoms with Crippen LogP contribution in [-0.2, 0) is 4.79 Å². The van der Waals surface area contributed by atoms with E-state index in [4.69, 9.17) is 11.6 Å². The predicted molar refractivity (Wildman–Crippen MR) is 88.3 cm³/mol. The lowest BCUT2D eigenvalue weighted by molar-refractivity contribution is -0.118. The second kappa shape index (κ2) is 7.38. The summed E-state index contributed by atoms with van der Waals surface area (Å²) in [5.41, 5.74) is 1.56. The van der Waals surface area contributed by atoms with Gasteiger partial charge >= 0.3 is 0 Å². The summed E-state index contributed by atoms with van der Waals surface area (Å²) >= 11 is 7.30. The first kappa shape index (κ1) is 16.5. The van der Waals surface area contributed by atoms with Crippen molar-refractivity contribution in [2.75, 3.05) is 13.1 Å². The van der Waals surface area contributed by atoms with Crippen molar-refractivity contribution in [2.45, 2.75) is 13.8 Å². The summed E-state index contributed by atoms with van der Waals surface area (Å²) in [6.07, 6.45) is 0. The number of carbonyl (C=O) groups excluding carboxylic acids is 2. The first-order valence-corrected chi connectivity index (χ1v) is 7.93. The van der Waals surface area contributed by atoms with Crippen LogP contribution in [0.15, 0.2) is 24.3 Å². The number of thiazole rings is 1. The van der Waals surface area contributed by atoms with Crippen LogP contribution in [0.3, 0.4) is 0 Å². The maximum atomic E-state index is 12.1. The van der Waals surface area contributed by atoms with E-state index in [-0.39, 0.29) is 11.8 Å². The molecule has 5 nitrogen and oxygen atoms in total. The van der Waals surface area contributed by atoms with Crippen LogP contribution in [-0.4, -0.2) is 29.9 Å². The van der Waals surface area contributed by atoms with E-state index in [1.807, 2.05) is 18.2 Å². The number of benzene rings is 1. The Hall–Kier alpha value is -1.92. The predicted octanol–water partition coefficient (Wildman–Crippen LogP) is 2.64. The number of amides is 2. The number of hydrogen-bond acceptors (Lipinski definition) is 4. The van der Waals surface area contributed by atoms with Crippen molar-refractivity contribution in [3.8, 4) is 10.6 Å². The highest BCUT2D eigenvalue weighted by atomic mass is 35.5. The van der Waals surface area contributed by atoms with Crippen molar-refractivity contribution < 1.29 is 9.59 Å². The molecule has 1 heterocycles. The third-order valence-electron chi connectivity index (χ3n) is 2.86. The van der Waals surface area contributed by atoms with Crippen LogP contribution in [0.25, 0.3) is 10.6 Å². The molecule has 0 aliphatic rings. The van der Waals surface area contributed by atoms with Crippen LogP contribution < -0.4 is 10.6 Å². The number of nitrogens with one attached hydrogen (secondary N) is 2. The van der Waals surface area contributed by atoms with Gasteiger partial charge in [0.05, 0.1) is 5.69 Å². The first-order chi connectivity index (χ1) is 10.5. The van der Waals surface area contributed by atoms with E-state index in [0.717, 1.165) is 10.6 Å². The lowest BCUT2D eigenvalue weighted by atomic mass is 10.2. The van der Waals surface area contributed by atoms with Gasteiger partial charge in [-0.1, -0.05) is 23.7 Å². The van der Waals surface area contributed by atoms with E-state index >= 15 is 0 Å². The van der Waals surface area contributed by atoms with Gasteiger partial charge in [-0.3, -0.25) is 9.59 Å². The summed E-state index contributed by atoms with van der Waals surface area (Å²) in [5.74, 6) is -0.305. The molecule has 2 N–H and O–H groups in total. The van der Waals surface area contributed by atoms with Gasteiger partial charge in [0, 0.05) is 30.6 Å². The van der Waals surface area contributed by atoms with Crippen molar-refractivity contribution in [3.05, 3.63) is 39.9 Å². The Kier molecular flexibility index (Phi) is 5.51. The highest BCUT2D eigenvalue weighted by molar-refractivity contribution is 7.17. The molecule has 0 saturated carbocycles. The fourth-order valence-electron chi connectivity index (χ4n) is 1.85. The molecular formula is C15H16ClN3O2S. The van der Waals surface area contributed by atoms with Crippen LogP contribution in [0.4, 0.5) is 0 Å². The molecule has 0 unspecified atom stereocenters.